The summed E-state index contributed by atoms with van der Waals surface area (Å²) in [5.74, 6) is 0.359. The van der Waals surface area contributed by atoms with E-state index in [9.17, 15) is 4.79 Å². The van der Waals surface area contributed by atoms with Crippen molar-refractivity contribution in [2.24, 2.45) is 0 Å². The number of carbonyl (C=O) groups excluding carboxylic acids is 1. The summed E-state index contributed by atoms with van der Waals surface area (Å²) in [5.41, 5.74) is 3.36. The minimum absolute atomic E-state index is 0.0555. The molecule has 0 aliphatic heterocycles. The highest BCUT2D eigenvalue weighted by molar-refractivity contribution is 6.32. The number of carbonyl (C=O) groups is 1. The van der Waals surface area contributed by atoms with Gasteiger partial charge in [0.1, 0.15) is 5.75 Å². The minimum atomic E-state index is -0.149. The highest BCUT2D eigenvalue weighted by Gasteiger charge is 2.10. The van der Waals surface area contributed by atoms with Crippen LogP contribution < -0.4 is 10.1 Å². The Morgan fingerprint density at radius 1 is 0.964 bits per heavy atom. The van der Waals surface area contributed by atoms with Crippen LogP contribution in [-0.4, -0.2) is 18.6 Å². The van der Waals surface area contributed by atoms with Crippen LogP contribution in [0.1, 0.15) is 18.9 Å². The van der Waals surface area contributed by atoms with Crippen molar-refractivity contribution >= 4 is 17.5 Å². The molecule has 1 amide bonds. The standard InChI is InChI=1S/C24H24ClNO2/c1-18(12-13-19-8-4-2-5-9-19)26-24(27)17-28-23-15-14-21(16-22(23)25)20-10-6-3-7-11-20/h2-11,14-16,18H,12-13,17H2,1H3,(H,26,27)/t18-/m1/s1. The first kappa shape index (κ1) is 20.0. The summed E-state index contributed by atoms with van der Waals surface area (Å²) >= 11 is 6.33. The van der Waals surface area contributed by atoms with Crippen molar-refractivity contribution in [3.8, 4) is 16.9 Å². The molecule has 1 N–H and O–H groups in total. The van der Waals surface area contributed by atoms with Crippen LogP contribution >= 0.6 is 11.6 Å². The van der Waals surface area contributed by atoms with E-state index in [1.807, 2.05) is 67.6 Å². The van der Waals surface area contributed by atoms with Crippen LogP contribution in [0.15, 0.2) is 78.9 Å². The van der Waals surface area contributed by atoms with Crippen molar-refractivity contribution < 1.29 is 9.53 Å². The van der Waals surface area contributed by atoms with E-state index in [0.29, 0.717) is 10.8 Å². The van der Waals surface area contributed by atoms with E-state index in [4.69, 9.17) is 16.3 Å². The van der Waals surface area contributed by atoms with Crippen LogP contribution in [0.4, 0.5) is 0 Å². The molecule has 3 rings (SSSR count). The Bertz CT molecular complexity index is 897. The second-order valence-electron chi connectivity index (χ2n) is 6.79. The Balaban J connectivity index is 1.47. The maximum atomic E-state index is 12.2. The molecular weight excluding hydrogens is 370 g/mol. The lowest BCUT2D eigenvalue weighted by Gasteiger charge is -2.15. The molecule has 28 heavy (non-hydrogen) atoms. The van der Waals surface area contributed by atoms with Crippen LogP contribution in [0.25, 0.3) is 11.1 Å². The number of ether oxygens (including phenoxy) is 1. The molecule has 0 unspecified atom stereocenters. The van der Waals surface area contributed by atoms with E-state index in [-0.39, 0.29) is 18.6 Å². The molecule has 0 radical (unpaired) electrons. The normalized spacial score (nSPS) is 11.6. The lowest BCUT2D eigenvalue weighted by atomic mass is 10.1. The Labute approximate surface area is 171 Å². The van der Waals surface area contributed by atoms with Crippen molar-refractivity contribution in [2.75, 3.05) is 6.61 Å². The van der Waals surface area contributed by atoms with Crippen molar-refractivity contribution in [3.05, 3.63) is 89.4 Å². The maximum absolute atomic E-state index is 12.2. The molecule has 3 nitrogen and oxygen atoms in total. The van der Waals surface area contributed by atoms with Crippen LogP contribution in [0.5, 0.6) is 5.75 Å². The number of nitrogens with one attached hydrogen (secondary N) is 1. The van der Waals surface area contributed by atoms with Gasteiger partial charge in [-0.15, -0.1) is 0 Å². The number of halogens is 1. The lowest BCUT2D eigenvalue weighted by Crippen LogP contribution is -2.36. The summed E-state index contributed by atoms with van der Waals surface area (Å²) in [6.45, 7) is 1.95. The van der Waals surface area contributed by atoms with E-state index < -0.39 is 0 Å². The fraction of sp³-hybridized carbons (Fsp3) is 0.208. The number of rotatable bonds is 8. The summed E-state index contributed by atoms with van der Waals surface area (Å²) in [6, 6.07) is 25.9. The Kier molecular flexibility index (Phi) is 7.10. The molecule has 0 heterocycles. The number of benzene rings is 3. The van der Waals surface area contributed by atoms with Crippen molar-refractivity contribution in [1.29, 1.82) is 0 Å². The number of hydrogen-bond donors (Lipinski definition) is 1. The van der Waals surface area contributed by atoms with Crippen LogP contribution in [0, 0.1) is 0 Å². The van der Waals surface area contributed by atoms with Gasteiger partial charge in [-0.1, -0.05) is 78.3 Å². The monoisotopic (exact) mass is 393 g/mol. The highest BCUT2D eigenvalue weighted by Crippen LogP contribution is 2.30. The molecule has 0 aliphatic carbocycles. The molecule has 4 heteroatoms. The number of aryl methyl sites for hydroxylation is 1. The zero-order valence-electron chi connectivity index (χ0n) is 15.9. The van der Waals surface area contributed by atoms with Crippen molar-refractivity contribution in [3.63, 3.8) is 0 Å². The van der Waals surface area contributed by atoms with Gasteiger partial charge in [0.15, 0.2) is 6.61 Å². The largest absolute Gasteiger partial charge is 0.482 e. The van der Waals surface area contributed by atoms with Crippen LogP contribution in [0.2, 0.25) is 5.02 Å². The third-order valence-electron chi connectivity index (χ3n) is 4.51. The fourth-order valence-electron chi connectivity index (χ4n) is 2.99. The van der Waals surface area contributed by atoms with Gasteiger partial charge in [-0.2, -0.15) is 0 Å². The Hall–Kier alpha value is -2.78. The Morgan fingerprint density at radius 2 is 1.64 bits per heavy atom. The molecule has 3 aromatic carbocycles. The highest BCUT2D eigenvalue weighted by atomic mass is 35.5. The third-order valence-corrected chi connectivity index (χ3v) is 4.81. The first-order chi connectivity index (χ1) is 13.6. The molecule has 0 spiro atoms. The fourth-order valence-corrected chi connectivity index (χ4v) is 3.22. The SMILES string of the molecule is C[C@H](CCc1ccccc1)NC(=O)COc1ccc(-c2ccccc2)cc1Cl. The van der Waals surface area contributed by atoms with Gasteiger partial charge >= 0.3 is 0 Å². The summed E-state index contributed by atoms with van der Waals surface area (Å²) in [4.78, 5) is 12.2. The quantitative estimate of drug-likeness (QED) is 0.547. The number of amides is 1. The van der Waals surface area contributed by atoms with Crippen molar-refractivity contribution in [1.82, 2.24) is 5.32 Å². The van der Waals surface area contributed by atoms with Gasteiger partial charge in [-0.3, -0.25) is 4.79 Å². The molecule has 0 aromatic heterocycles. The first-order valence-corrected chi connectivity index (χ1v) is 9.80. The van der Waals surface area contributed by atoms with Crippen LogP contribution in [0.3, 0.4) is 0 Å². The maximum Gasteiger partial charge on any atom is 0.258 e. The second-order valence-corrected chi connectivity index (χ2v) is 7.20. The predicted octanol–water partition coefficient (Wildman–Crippen LogP) is 5.52. The van der Waals surface area contributed by atoms with E-state index in [0.717, 1.165) is 24.0 Å². The molecule has 0 saturated carbocycles. The average molecular weight is 394 g/mol. The molecule has 3 aromatic rings. The molecule has 0 saturated heterocycles. The van der Waals surface area contributed by atoms with Gasteiger partial charge < -0.3 is 10.1 Å². The summed E-state index contributed by atoms with van der Waals surface area (Å²) in [6.07, 6.45) is 1.80. The van der Waals surface area contributed by atoms with E-state index >= 15 is 0 Å². The third kappa shape index (κ3) is 5.86. The zero-order valence-corrected chi connectivity index (χ0v) is 16.7. The average Bonchev–Trinajstić information content (AvgIpc) is 2.73. The van der Waals surface area contributed by atoms with Gasteiger partial charge in [0.05, 0.1) is 5.02 Å². The summed E-state index contributed by atoms with van der Waals surface area (Å²) < 4.78 is 5.61. The van der Waals surface area contributed by atoms with E-state index in [1.165, 1.54) is 5.56 Å². The molecule has 144 valence electrons. The van der Waals surface area contributed by atoms with Gasteiger partial charge in [-0.05, 0) is 48.6 Å². The van der Waals surface area contributed by atoms with Crippen molar-refractivity contribution in [2.45, 2.75) is 25.8 Å². The topological polar surface area (TPSA) is 38.3 Å². The molecule has 0 fully saturated rings. The smallest absolute Gasteiger partial charge is 0.258 e. The second kappa shape index (κ2) is 9.95. The molecule has 0 aliphatic rings. The molecular formula is C24H24ClNO2. The predicted molar refractivity (Wildman–Crippen MR) is 115 cm³/mol. The lowest BCUT2D eigenvalue weighted by molar-refractivity contribution is -0.123. The summed E-state index contributed by atoms with van der Waals surface area (Å²) in [5, 5.41) is 3.46. The van der Waals surface area contributed by atoms with E-state index in [2.05, 4.69) is 17.4 Å². The van der Waals surface area contributed by atoms with Gasteiger partial charge in [0.2, 0.25) is 0 Å². The summed E-state index contributed by atoms with van der Waals surface area (Å²) in [7, 11) is 0. The molecule has 1 atom stereocenters. The minimum Gasteiger partial charge on any atom is -0.482 e. The van der Waals surface area contributed by atoms with E-state index in [1.54, 1.807) is 6.07 Å². The Morgan fingerprint density at radius 3 is 2.32 bits per heavy atom. The van der Waals surface area contributed by atoms with Gasteiger partial charge in [-0.25, -0.2) is 0 Å². The number of hydrogen-bond acceptors (Lipinski definition) is 2. The first-order valence-electron chi connectivity index (χ1n) is 9.43. The van der Waals surface area contributed by atoms with Gasteiger partial charge in [0.25, 0.3) is 5.91 Å². The van der Waals surface area contributed by atoms with Gasteiger partial charge in [0, 0.05) is 6.04 Å². The zero-order chi connectivity index (χ0) is 19.8. The molecule has 0 bridgehead atoms. The van der Waals surface area contributed by atoms with Crippen LogP contribution in [-0.2, 0) is 11.2 Å².